The fourth-order valence-corrected chi connectivity index (χ4v) is 3.16. The number of carbonyl (C=O) groups excluding carboxylic acids is 1. The molecule has 2 N–H and O–H groups in total. The molecule has 1 aliphatic rings. The van der Waals surface area contributed by atoms with Crippen LogP contribution in [0.3, 0.4) is 0 Å². The van der Waals surface area contributed by atoms with Gasteiger partial charge in [0, 0.05) is 45.3 Å². The van der Waals surface area contributed by atoms with Crippen LogP contribution >= 0.6 is 0 Å². The van der Waals surface area contributed by atoms with Gasteiger partial charge in [-0.15, -0.1) is 0 Å². The summed E-state index contributed by atoms with van der Waals surface area (Å²) >= 11 is 0. The Labute approximate surface area is 171 Å². The summed E-state index contributed by atoms with van der Waals surface area (Å²) < 4.78 is 7.07. The Bertz CT molecular complexity index is 843. The van der Waals surface area contributed by atoms with Gasteiger partial charge >= 0.3 is 6.09 Å². The average Bonchev–Trinajstić information content (AvgIpc) is 3.33. The van der Waals surface area contributed by atoms with Gasteiger partial charge in [0.25, 0.3) is 0 Å². The molecule has 9 nitrogen and oxygen atoms in total. The van der Waals surface area contributed by atoms with E-state index in [-0.39, 0.29) is 12.1 Å². The lowest BCUT2D eigenvalue weighted by molar-refractivity contribution is 0.0507. The van der Waals surface area contributed by atoms with Gasteiger partial charge < -0.3 is 20.3 Å². The Balaban J connectivity index is 1.52. The van der Waals surface area contributed by atoms with E-state index in [1.54, 1.807) is 24.1 Å². The van der Waals surface area contributed by atoms with Crippen LogP contribution < -0.4 is 10.6 Å². The van der Waals surface area contributed by atoms with Crippen molar-refractivity contribution in [3.8, 4) is 5.82 Å². The summed E-state index contributed by atoms with van der Waals surface area (Å²) in [4.78, 5) is 22.9. The minimum Gasteiger partial charge on any atom is -0.444 e. The van der Waals surface area contributed by atoms with Gasteiger partial charge in [-0.2, -0.15) is 5.10 Å². The number of pyridine rings is 1. The van der Waals surface area contributed by atoms with E-state index in [4.69, 9.17) is 4.74 Å². The van der Waals surface area contributed by atoms with Crippen molar-refractivity contribution in [2.45, 2.75) is 45.4 Å². The molecule has 9 heteroatoms. The maximum atomic E-state index is 12.0. The van der Waals surface area contributed by atoms with Crippen LogP contribution in [-0.2, 0) is 11.3 Å². The molecule has 3 rings (SSSR count). The molecule has 0 spiro atoms. The number of ether oxygens (including phenoxy) is 1. The third-order valence-electron chi connectivity index (χ3n) is 4.42. The fourth-order valence-electron chi connectivity index (χ4n) is 3.16. The average molecular weight is 399 g/mol. The Hall–Kier alpha value is -3.10. The van der Waals surface area contributed by atoms with E-state index in [2.05, 4.69) is 30.6 Å². The molecule has 0 bridgehead atoms. The summed E-state index contributed by atoms with van der Waals surface area (Å²) in [6, 6.07) is 5.85. The summed E-state index contributed by atoms with van der Waals surface area (Å²) in [5, 5.41) is 10.5. The van der Waals surface area contributed by atoms with Gasteiger partial charge in [0.1, 0.15) is 5.60 Å². The number of likely N-dealkylation sites (tertiary alicyclic amines) is 1. The van der Waals surface area contributed by atoms with Crippen molar-refractivity contribution in [3.63, 3.8) is 0 Å². The molecule has 0 aromatic carbocycles. The molecule has 0 aliphatic carbocycles. The monoisotopic (exact) mass is 399 g/mol. The smallest absolute Gasteiger partial charge is 0.407 e. The molecule has 156 valence electrons. The molecule has 1 amide bonds. The molecule has 1 saturated heterocycles. The predicted molar refractivity (Wildman–Crippen MR) is 111 cm³/mol. The van der Waals surface area contributed by atoms with Gasteiger partial charge in [-0.05, 0) is 51.0 Å². The molecule has 29 heavy (non-hydrogen) atoms. The lowest BCUT2D eigenvalue weighted by Gasteiger charge is -2.23. The molecular weight excluding hydrogens is 370 g/mol. The predicted octanol–water partition coefficient (Wildman–Crippen LogP) is 1.94. The number of aliphatic imine (C=N–C) groups is 1. The summed E-state index contributed by atoms with van der Waals surface area (Å²) in [6.07, 6.45) is 5.83. The quantitative estimate of drug-likeness (QED) is 0.602. The first-order chi connectivity index (χ1) is 13.8. The number of carbonyl (C=O) groups is 1. The number of hydrogen-bond donors (Lipinski definition) is 2. The van der Waals surface area contributed by atoms with E-state index in [1.165, 1.54) is 0 Å². The Morgan fingerprint density at radius 3 is 2.90 bits per heavy atom. The minimum atomic E-state index is -0.500. The second kappa shape index (κ2) is 8.93. The van der Waals surface area contributed by atoms with Crippen molar-refractivity contribution in [1.29, 1.82) is 0 Å². The molecule has 2 aromatic rings. The highest BCUT2D eigenvalue weighted by molar-refractivity contribution is 5.80. The van der Waals surface area contributed by atoms with E-state index in [0.29, 0.717) is 13.1 Å². The zero-order valence-electron chi connectivity index (χ0n) is 17.4. The van der Waals surface area contributed by atoms with Crippen LogP contribution in [0.2, 0.25) is 0 Å². The second-order valence-electron chi connectivity index (χ2n) is 7.95. The van der Waals surface area contributed by atoms with Crippen molar-refractivity contribution >= 4 is 12.1 Å². The van der Waals surface area contributed by atoms with Crippen LogP contribution in [0.1, 0.15) is 32.8 Å². The first-order valence-corrected chi connectivity index (χ1v) is 9.74. The van der Waals surface area contributed by atoms with Crippen molar-refractivity contribution in [2.75, 3.05) is 20.1 Å². The zero-order chi connectivity index (χ0) is 20.9. The summed E-state index contributed by atoms with van der Waals surface area (Å²) in [5.74, 6) is 1.57. The van der Waals surface area contributed by atoms with Crippen LogP contribution in [0.25, 0.3) is 5.82 Å². The van der Waals surface area contributed by atoms with Crippen molar-refractivity contribution in [1.82, 2.24) is 30.3 Å². The first-order valence-electron chi connectivity index (χ1n) is 9.74. The maximum absolute atomic E-state index is 12.0. The van der Waals surface area contributed by atoms with Crippen LogP contribution in [0, 0.1) is 0 Å². The third kappa shape index (κ3) is 5.94. The van der Waals surface area contributed by atoms with Gasteiger partial charge in [0.15, 0.2) is 11.8 Å². The van der Waals surface area contributed by atoms with E-state index in [9.17, 15) is 4.79 Å². The topological polar surface area (TPSA) is 96.7 Å². The summed E-state index contributed by atoms with van der Waals surface area (Å²) in [5.41, 5.74) is 0.578. The molecule has 1 fully saturated rings. The molecular formula is C20H29N7O2. The van der Waals surface area contributed by atoms with Crippen molar-refractivity contribution in [2.24, 2.45) is 4.99 Å². The number of hydrogen-bond acceptors (Lipinski definition) is 5. The zero-order valence-corrected chi connectivity index (χ0v) is 17.4. The van der Waals surface area contributed by atoms with E-state index in [0.717, 1.165) is 30.3 Å². The normalized spacial score (nSPS) is 17.3. The maximum Gasteiger partial charge on any atom is 0.407 e. The van der Waals surface area contributed by atoms with Crippen LogP contribution in [0.15, 0.2) is 41.8 Å². The van der Waals surface area contributed by atoms with Gasteiger partial charge in [0.2, 0.25) is 0 Å². The molecule has 1 atom stereocenters. The SMILES string of the molecule is CN=C(NCc1ccnc(-n2cccn2)c1)N1CCC(NC(=O)OC(C)(C)C)C1. The van der Waals surface area contributed by atoms with Crippen molar-refractivity contribution in [3.05, 3.63) is 42.4 Å². The largest absolute Gasteiger partial charge is 0.444 e. The number of nitrogens with zero attached hydrogens (tertiary/aromatic N) is 5. The molecule has 0 radical (unpaired) electrons. The Morgan fingerprint density at radius 2 is 2.21 bits per heavy atom. The molecule has 1 unspecified atom stereocenters. The number of alkyl carbamates (subject to hydrolysis) is 1. The highest BCUT2D eigenvalue weighted by Crippen LogP contribution is 2.12. The summed E-state index contributed by atoms with van der Waals surface area (Å²) in [6.45, 7) is 7.69. The Kier molecular flexibility index (Phi) is 6.36. The minimum absolute atomic E-state index is 0.0377. The Morgan fingerprint density at radius 1 is 1.38 bits per heavy atom. The van der Waals surface area contributed by atoms with Gasteiger partial charge in [-0.1, -0.05) is 0 Å². The lowest BCUT2D eigenvalue weighted by atomic mass is 10.2. The van der Waals surface area contributed by atoms with E-state index < -0.39 is 5.60 Å². The summed E-state index contributed by atoms with van der Waals surface area (Å²) in [7, 11) is 1.76. The standard InChI is InChI=1S/C20H29N7O2/c1-20(2,3)29-19(28)25-16-7-11-26(14-16)18(21-4)23-13-15-6-9-22-17(12-15)27-10-5-8-24-27/h5-6,8-10,12,16H,7,11,13-14H2,1-4H3,(H,21,23)(H,25,28). The van der Waals surface area contributed by atoms with Crippen LogP contribution in [0.5, 0.6) is 0 Å². The number of aromatic nitrogens is 3. The second-order valence-corrected chi connectivity index (χ2v) is 7.95. The highest BCUT2D eigenvalue weighted by Gasteiger charge is 2.27. The van der Waals surface area contributed by atoms with Gasteiger partial charge in [-0.3, -0.25) is 4.99 Å². The van der Waals surface area contributed by atoms with Gasteiger partial charge in [-0.25, -0.2) is 14.5 Å². The molecule has 2 aromatic heterocycles. The molecule has 3 heterocycles. The number of nitrogens with one attached hydrogen (secondary N) is 2. The van der Waals surface area contributed by atoms with Crippen LogP contribution in [0.4, 0.5) is 4.79 Å². The third-order valence-corrected chi connectivity index (χ3v) is 4.42. The van der Waals surface area contributed by atoms with Crippen LogP contribution in [-0.4, -0.2) is 63.5 Å². The van der Waals surface area contributed by atoms with E-state index >= 15 is 0 Å². The number of rotatable bonds is 4. The molecule has 0 saturated carbocycles. The van der Waals surface area contributed by atoms with E-state index in [1.807, 2.05) is 45.2 Å². The van der Waals surface area contributed by atoms with Gasteiger partial charge in [0.05, 0.1) is 6.04 Å². The number of guanidine groups is 1. The molecule has 1 aliphatic heterocycles. The number of amides is 1. The highest BCUT2D eigenvalue weighted by atomic mass is 16.6. The first kappa shape index (κ1) is 20.6. The lowest BCUT2D eigenvalue weighted by Crippen LogP contribution is -2.44. The van der Waals surface area contributed by atoms with Crippen molar-refractivity contribution < 1.29 is 9.53 Å². The fraction of sp³-hybridized carbons (Fsp3) is 0.500.